The summed E-state index contributed by atoms with van der Waals surface area (Å²) in [6.07, 6.45) is 1.27. The highest BCUT2D eigenvalue weighted by Gasteiger charge is 2.50. The largest absolute Gasteiger partial charge is 0.466 e. The van der Waals surface area contributed by atoms with Crippen molar-refractivity contribution >= 4 is 11.9 Å². The fourth-order valence-corrected chi connectivity index (χ4v) is 2.21. The standard InChI is InChI=1S/C14H23NO4/c1-5-9-14(10-15,13(17)19-8-4)11(6-2)12(16)18-7-3/h11H,5-9H2,1-4H3. The van der Waals surface area contributed by atoms with E-state index in [-0.39, 0.29) is 13.2 Å². The van der Waals surface area contributed by atoms with Gasteiger partial charge in [-0.2, -0.15) is 5.26 Å². The van der Waals surface area contributed by atoms with Crippen molar-refractivity contribution in [3.63, 3.8) is 0 Å². The monoisotopic (exact) mass is 269 g/mol. The number of nitriles is 1. The molecule has 0 N–H and O–H groups in total. The summed E-state index contributed by atoms with van der Waals surface area (Å²) in [5.74, 6) is -1.91. The van der Waals surface area contributed by atoms with E-state index >= 15 is 0 Å². The zero-order valence-corrected chi connectivity index (χ0v) is 12.2. The zero-order valence-electron chi connectivity index (χ0n) is 12.2. The zero-order chi connectivity index (χ0) is 14.9. The Morgan fingerprint density at radius 1 is 1.16 bits per heavy atom. The molecule has 0 aliphatic rings. The number of hydrogen-bond donors (Lipinski definition) is 0. The molecule has 0 saturated carbocycles. The molecule has 0 bridgehead atoms. The van der Waals surface area contributed by atoms with Crippen molar-refractivity contribution in [2.45, 2.75) is 47.0 Å². The van der Waals surface area contributed by atoms with E-state index < -0.39 is 23.3 Å². The first-order chi connectivity index (χ1) is 9.03. The quantitative estimate of drug-likeness (QED) is 0.632. The van der Waals surface area contributed by atoms with Gasteiger partial charge in [-0.1, -0.05) is 20.3 Å². The van der Waals surface area contributed by atoms with Gasteiger partial charge < -0.3 is 9.47 Å². The van der Waals surface area contributed by atoms with Gasteiger partial charge in [0.1, 0.15) is 0 Å². The van der Waals surface area contributed by atoms with Crippen molar-refractivity contribution in [1.29, 1.82) is 5.26 Å². The minimum atomic E-state index is -1.44. The SMILES string of the molecule is CCCC(C#N)(C(=O)OCC)C(CC)C(=O)OCC. The predicted molar refractivity (Wildman–Crippen MR) is 70.0 cm³/mol. The summed E-state index contributed by atoms with van der Waals surface area (Å²) >= 11 is 0. The van der Waals surface area contributed by atoms with Crippen LogP contribution in [0.4, 0.5) is 0 Å². The average molecular weight is 269 g/mol. The molecule has 108 valence electrons. The van der Waals surface area contributed by atoms with E-state index in [1.165, 1.54) is 0 Å². The van der Waals surface area contributed by atoms with Crippen LogP contribution in [-0.4, -0.2) is 25.2 Å². The Kier molecular flexibility index (Phi) is 7.81. The summed E-state index contributed by atoms with van der Waals surface area (Å²) in [5, 5.41) is 9.46. The molecule has 2 atom stereocenters. The van der Waals surface area contributed by atoms with Gasteiger partial charge in [0.15, 0.2) is 5.41 Å². The van der Waals surface area contributed by atoms with Gasteiger partial charge >= 0.3 is 11.9 Å². The van der Waals surface area contributed by atoms with Crippen molar-refractivity contribution in [1.82, 2.24) is 0 Å². The number of ether oxygens (including phenoxy) is 2. The van der Waals surface area contributed by atoms with E-state index in [1.54, 1.807) is 20.8 Å². The van der Waals surface area contributed by atoms with Crippen LogP contribution in [0.15, 0.2) is 0 Å². The molecule has 0 heterocycles. The minimum Gasteiger partial charge on any atom is -0.466 e. The van der Waals surface area contributed by atoms with Crippen LogP contribution in [0.5, 0.6) is 0 Å². The third-order valence-electron chi connectivity index (χ3n) is 3.06. The molecule has 5 heteroatoms. The van der Waals surface area contributed by atoms with Gasteiger partial charge in [-0.25, -0.2) is 0 Å². The summed E-state index contributed by atoms with van der Waals surface area (Å²) in [6, 6.07) is 2.02. The first kappa shape index (κ1) is 17.4. The molecule has 19 heavy (non-hydrogen) atoms. The van der Waals surface area contributed by atoms with Crippen molar-refractivity contribution < 1.29 is 19.1 Å². The summed E-state index contributed by atoms with van der Waals surface area (Å²) < 4.78 is 9.97. The van der Waals surface area contributed by atoms with E-state index in [4.69, 9.17) is 9.47 Å². The van der Waals surface area contributed by atoms with Crippen LogP contribution < -0.4 is 0 Å². The Labute approximate surface area is 114 Å². The molecule has 0 rings (SSSR count). The number of hydrogen-bond acceptors (Lipinski definition) is 5. The first-order valence-corrected chi connectivity index (χ1v) is 6.79. The fraction of sp³-hybridized carbons (Fsp3) is 0.786. The van der Waals surface area contributed by atoms with Crippen molar-refractivity contribution in [2.24, 2.45) is 11.3 Å². The molecular formula is C14H23NO4. The van der Waals surface area contributed by atoms with Crippen LogP contribution in [0.3, 0.4) is 0 Å². The van der Waals surface area contributed by atoms with Gasteiger partial charge in [0.25, 0.3) is 0 Å². The van der Waals surface area contributed by atoms with Gasteiger partial charge in [0.05, 0.1) is 25.2 Å². The van der Waals surface area contributed by atoms with Crippen LogP contribution >= 0.6 is 0 Å². The van der Waals surface area contributed by atoms with Crippen LogP contribution in [0.1, 0.15) is 47.0 Å². The summed E-state index contributed by atoms with van der Waals surface area (Å²) in [7, 11) is 0. The lowest BCUT2D eigenvalue weighted by molar-refractivity contribution is -0.166. The maximum Gasteiger partial charge on any atom is 0.327 e. The Bertz CT molecular complexity index is 348. The number of nitrogens with zero attached hydrogens (tertiary/aromatic N) is 1. The van der Waals surface area contributed by atoms with E-state index in [2.05, 4.69) is 0 Å². The molecule has 0 aromatic heterocycles. The summed E-state index contributed by atoms with van der Waals surface area (Å²) in [6.45, 7) is 7.42. The average Bonchev–Trinajstić information content (AvgIpc) is 2.38. The van der Waals surface area contributed by atoms with E-state index in [0.717, 1.165) is 0 Å². The van der Waals surface area contributed by atoms with Gasteiger partial charge in [0, 0.05) is 0 Å². The third-order valence-corrected chi connectivity index (χ3v) is 3.06. The maximum atomic E-state index is 12.1. The number of carbonyl (C=O) groups excluding carboxylic acids is 2. The lowest BCUT2D eigenvalue weighted by Crippen LogP contribution is -2.43. The molecule has 0 saturated heterocycles. The second-order valence-electron chi connectivity index (χ2n) is 4.27. The highest BCUT2D eigenvalue weighted by Crippen LogP contribution is 2.37. The first-order valence-electron chi connectivity index (χ1n) is 6.79. The fourth-order valence-electron chi connectivity index (χ4n) is 2.21. The lowest BCUT2D eigenvalue weighted by atomic mass is 9.72. The van der Waals surface area contributed by atoms with Gasteiger partial charge in [-0.15, -0.1) is 0 Å². The number of esters is 2. The Morgan fingerprint density at radius 3 is 2.11 bits per heavy atom. The van der Waals surface area contributed by atoms with Crippen molar-refractivity contribution in [3.8, 4) is 6.07 Å². The molecule has 0 aliphatic carbocycles. The molecule has 0 radical (unpaired) electrons. The minimum absolute atomic E-state index is 0.186. The predicted octanol–water partition coefficient (Wildman–Crippen LogP) is 2.45. The maximum absolute atomic E-state index is 12.1. The van der Waals surface area contributed by atoms with E-state index in [1.807, 2.05) is 13.0 Å². The van der Waals surface area contributed by atoms with Crippen molar-refractivity contribution in [3.05, 3.63) is 0 Å². The molecule has 0 fully saturated rings. The molecule has 0 spiro atoms. The van der Waals surface area contributed by atoms with Crippen LogP contribution in [-0.2, 0) is 19.1 Å². The Balaban J connectivity index is 5.46. The summed E-state index contributed by atoms with van der Waals surface area (Å²) in [4.78, 5) is 24.1. The third kappa shape index (κ3) is 3.95. The summed E-state index contributed by atoms with van der Waals surface area (Å²) in [5.41, 5.74) is -1.44. The molecule has 5 nitrogen and oxygen atoms in total. The molecule has 0 aromatic rings. The van der Waals surface area contributed by atoms with Gasteiger partial charge in [-0.05, 0) is 26.7 Å². The highest BCUT2D eigenvalue weighted by molar-refractivity contribution is 5.87. The van der Waals surface area contributed by atoms with Crippen LogP contribution in [0.2, 0.25) is 0 Å². The Hall–Kier alpha value is -1.57. The lowest BCUT2D eigenvalue weighted by Gasteiger charge is -2.30. The van der Waals surface area contributed by atoms with Gasteiger partial charge in [0.2, 0.25) is 0 Å². The smallest absolute Gasteiger partial charge is 0.327 e. The number of rotatable bonds is 8. The van der Waals surface area contributed by atoms with E-state index in [9.17, 15) is 14.9 Å². The highest BCUT2D eigenvalue weighted by atomic mass is 16.5. The molecule has 2 unspecified atom stereocenters. The molecule has 0 amide bonds. The second kappa shape index (κ2) is 8.52. The second-order valence-corrected chi connectivity index (χ2v) is 4.27. The van der Waals surface area contributed by atoms with Crippen LogP contribution in [0.25, 0.3) is 0 Å². The van der Waals surface area contributed by atoms with Crippen LogP contribution in [0, 0.1) is 22.7 Å². The number of carbonyl (C=O) groups is 2. The normalized spacial score (nSPS) is 14.9. The van der Waals surface area contributed by atoms with Gasteiger partial charge in [-0.3, -0.25) is 9.59 Å². The topological polar surface area (TPSA) is 76.4 Å². The van der Waals surface area contributed by atoms with Crippen molar-refractivity contribution in [2.75, 3.05) is 13.2 Å². The molecule has 0 aliphatic heterocycles. The Morgan fingerprint density at radius 2 is 1.74 bits per heavy atom. The van der Waals surface area contributed by atoms with E-state index in [0.29, 0.717) is 19.3 Å². The molecular weight excluding hydrogens is 246 g/mol. The molecule has 0 aromatic carbocycles.